The minimum Gasteiger partial charge on any atom is -0.394 e. The molecule has 16 heavy (non-hydrogen) atoms. The molecule has 5 nitrogen and oxygen atoms in total. The molecule has 0 radical (unpaired) electrons. The minimum absolute atomic E-state index is 0.137. The molecule has 2 aliphatic heterocycles. The van der Waals surface area contributed by atoms with Crippen LogP contribution in [0, 0.1) is 0 Å². The molecule has 3 unspecified atom stereocenters. The highest BCUT2D eigenvalue weighted by Crippen LogP contribution is 2.36. The quantitative estimate of drug-likeness (QED) is 0.751. The van der Waals surface area contributed by atoms with Gasteiger partial charge < -0.3 is 14.6 Å². The Hall–Kier alpha value is -0.170. The highest BCUT2D eigenvalue weighted by Gasteiger charge is 2.50. The second-order valence-electron chi connectivity index (χ2n) is 4.60. The maximum absolute atomic E-state index is 11.9. The molecular weight excluding hydrogens is 232 g/mol. The van der Waals surface area contributed by atoms with Gasteiger partial charge in [-0.05, 0) is 19.8 Å². The zero-order valence-corrected chi connectivity index (χ0v) is 10.2. The van der Waals surface area contributed by atoms with Crippen molar-refractivity contribution in [1.82, 2.24) is 0 Å². The first-order valence-electron chi connectivity index (χ1n) is 5.62. The standard InChI is InChI=1S/C10H18O5S/c1-10(14-7-8(6-11)15-10)9-4-2-3-5-16(9,12)13/h8-9,11H,2-7H2,1H3. The van der Waals surface area contributed by atoms with Gasteiger partial charge >= 0.3 is 0 Å². The zero-order valence-electron chi connectivity index (χ0n) is 9.39. The van der Waals surface area contributed by atoms with Crippen molar-refractivity contribution in [1.29, 1.82) is 0 Å². The molecule has 0 saturated carbocycles. The van der Waals surface area contributed by atoms with Gasteiger partial charge in [0, 0.05) is 0 Å². The summed E-state index contributed by atoms with van der Waals surface area (Å²) < 4.78 is 34.9. The van der Waals surface area contributed by atoms with Gasteiger partial charge in [0.2, 0.25) is 0 Å². The third-order valence-corrected chi connectivity index (χ3v) is 5.71. The second-order valence-corrected chi connectivity index (χ2v) is 6.90. The Morgan fingerprint density at radius 2 is 2.19 bits per heavy atom. The Balaban J connectivity index is 2.17. The third-order valence-electron chi connectivity index (χ3n) is 3.32. The largest absolute Gasteiger partial charge is 0.394 e. The summed E-state index contributed by atoms with van der Waals surface area (Å²) in [6.07, 6.45) is 1.79. The average molecular weight is 250 g/mol. The molecule has 1 N–H and O–H groups in total. The molecular formula is C10H18O5S. The Bertz CT molecular complexity index is 352. The first-order chi connectivity index (χ1) is 7.48. The van der Waals surface area contributed by atoms with Gasteiger partial charge in [-0.15, -0.1) is 0 Å². The van der Waals surface area contributed by atoms with Gasteiger partial charge in [0.05, 0.1) is 19.0 Å². The monoisotopic (exact) mass is 250 g/mol. The molecule has 0 bridgehead atoms. The van der Waals surface area contributed by atoms with Crippen LogP contribution >= 0.6 is 0 Å². The number of aliphatic hydroxyl groups is 1. The first-order valence-corrected chi connectivity index (χ1v) is 7.34. The average Bonchev–Trinajstić information content (AvgIpc) is 2.60. The summed E-state index contributed by atoms with van der Waals surface area (Å²) in [5, 5.41) is 8.38. The number of ether oxygens (including phenoxy) is 2. The molecule has 2 heterocycles. The van der Waals surface area contributed by atoms with Crippen molar-refractivity contribution in [2.75, 3.05) is 19.0 Å². The predicted molar refractivity (Wildman–Crippen MR) is 57.7 cm³/mol. The van der Waals surface area contributed by atoms with Crippen LogP contribution in [0.15, 0.2) is 0 Å². The Labute approximate surface area is 95.7 Å². The first kappa shape index (κ1) is 12.3. The van der Waals surface area contributed by atoms with E-state index in [0.717, 1.165) is 12.8 Å². The molecule has 0 amide bonds. The molecule has 0 aromatic rings. The van der Waals surface area contributed by atoms with E-state index in [1.165, 1.54) is 0 Å². The lowest BCUT2D eigenvalue weighted by Gasteiger charge is -2.34. The zero-order chi connectivity index (χ0) is 11.8. The van der Waals surface area contributed by atoms with E-state index in [1.54, 1.807) is 6.92 Å². The van der Waals surface area contributed by atoms with Gasteiger partial charge in [0.15, 0.2) is 15.6 Å². The lowest BCUT2D eigenvalue weighted by molar-refractivity contribution is -0.159. The number of hydrogen-bond acceptors (Lipinski definition) is 5. The van der Waals surface area contributed by atoms with Gasteiger partial charge in [-0.25, -0.2) is 8.42 Å². The molecule has 0 aliphatic carbocycles. The highest BCUT2D eigenvalue weighted by molar-refractivity contribution is 7.92. The van der Waals surface area contributed by atoms with Crippen molar-refractivity contribution in [2.45, 2.75) is 43.3 Å². The summed E-state index contributed by atoms with van der Waals surface area (Å²) in [5.74, 6) is -0.865. The van der Waals surface area contributed by atoms with E-state index in [2.05, 4.69) is 0 Å². The molecule has 0 aromatic heterocycles. The minimum atomic E-state index is -3.13. The van der Waals surface area contributed by atoms with Crippen LogP contribution in [0.2, 0.25) is 0 Å². The van der Waals surface area contributed by atoms with Crippen molar-refractivity contribution in [2.24, 2.45) is 0 Å². The van der Waals surface area contributed by atoms with Gasteiger partial charge in [-0.1, -0.05) is 6.42 Å². The fourth-order valence-electron chi connectivity index (χ4n) is 2.46. The van der Waals surface area contributed by atoms with Crippen LogP contribution in [-0.4, -0.2) is 49.6 Å². The number of sulfone groups is 1. The SMILES string of the molecule is CC1(C2CCCCS2(=O)=O)OCC(CO)O1. The van der Waals surface area contributed by atoms with E-state index in [0.29, 0.717) is 6.42 Å². The molecule has 2 aliphatic rings. The van der Waals surface area contributed by atoms with E-state index in [4.69, 9.17) is 14.6 Å². The lowest BCUT2D eigenvalue weighted by Crippen LogP contribution is -2.48. The van der Waals surface area contributed by atoms with Crippen molar-refractivity contribution in [3.63, 3.8) is 0 Å². The van der Waals surface area contributed by atoms with Crippen LogP contribution in [0.4, 0.5) is 0 Å². The van der Waals surface area contributed by atoms with E-state index in [-0.39, 0.29) is 19.0 Å². The number of aliphatic hydroxyl groups excluding tert-OH is 1. The normalized spacial score (nSPS) is 43.4. The molecule has 6 heteroatoms. The van der Waals surface area contributed by atoms with Crippen LogP contribution in [0.1, 0.15) is 26.2 Å². The molecule has 2 fully saturated rings. The molecule has 2 rings (SSSR count). The summed E-state index contributed by atoms with van der Waals surface area (Å²) in [7, 11) is -3.13. The summed E-state index contributed by atoms with van der Waals surface area (Å²) in [6, 6.07) is 0. The van der Waals surface area contributed by atoms with Gasteiger partial charge in [0.1, 0.15) is 11.4 Å². The highest BCUT2D eigenvalue weighted by atomic mass is 32.2. The summed E-state index contributed by atoms with van der Waals surface area (Å²) in [4.78, 5) is 0. The van der Waals surface area contributed by atoms with Crippen molar-refractivity contribution >= 4 is 9.84 Å². The number of hydrogen-bond donors (Lipinski definition) is 1. The van der Waals surface area contributed by atoms with Crippen molar-refractivity contribution in [3.05, 3.63) is 0 Å². The fraction of sp³-hybridized carbons (Fsp3) is 1.00. The van der Waals surface area contributed by atoms with Gasteiger partial charge in [-0.2, -0.15) is 0 Å². The third kappa shape index (κ3) is 2.11. The summed E-state index contributed by atoms with van der Waals surface area (Å²) in [5.41, 5.74) is 0. The Morgan fingerprint density at radius 3 is 2.75 bits per heavy atom. The van der Waals surface area contributed by atoms with E-state index >= 15 is 0 Å². The smallest absolute Gasteiger partial charge is 0.182 e. The maximum atomic E-state index is 11.9. The van der Waals surface area contributed by atoms with Crippen LogP contribution in [0.5, 0.6) is 0 Å². The van der Waals surface area contributed by atoms with E-state index in [9.17, 15) is 8.42 Å². The van der Waals surface area contributed by atoms with Crippen molar-refractivity contribution in [3.8, 4) is 0 Å². The maximum Gasteiger partial charge on any atom is 0.182 e. The molecule has 94 valence electrons. The lowest BCUT2D eigenvalue weighted by atomic mass is 10.1. The fourth-order valence-corrected chi connectivity index (χ4v) is 4.65. The van der Waals surface area contributed by atoms with Gasteiger partial charge in [0.25, 0.3) is 0 Å². The van der Waals surface area contributed by atoms with Crippen molar-refractivity contribution < 1.29 is 23.0 Å². The topological polar surface area (TPSA) is 72.8 Å². The predicted octanol–water partition coefficient (Wildman–Crippen LogP) is 0.0776. The Morgan fingerprint density at radius 1 is 1.44 bits per heavy atom. The molecule has 3 atom stereocenters. The van der Waals surface area contributed by atoms with E-state index in [1.807, 2.05) is 0 Å². The Kier molecular flexibility index (Phi) is 3.27. The molecule has 0 aromatic carbocycles. The molecule has 0 spiro atoms. The number of rotatable bonds is 2. The molecule has 2 saturated heterocycles. The van der Waals surface area contributed by atoms with Crippen LogP contribution in [0.25, 0.3) is 0 Å². The van der Waals surface area contributed by atoms with Crippen LogP contribution < -0.4 is 0 Å². The summed E-state index contributed by atoms with van der Waals surface area (Å²) in [6.45, 7) is 1.79. The van der Waals surface area contributed by atoms with Crippen LogP contribution in [0.3, 0.4) is 0 Å². The van der Waals surface area contributed by atoms with Gasteiger partial charge in [-0.3, -0.25) is 0 Å². The second kappa shape index (κ2) is 4.25. The van der Waals surface area contributed by atoms with Crippen LogP contribution in [-0.2, 0) is 19.3 Å². The summed E-state index contributed by atoms with van der Waals surface area (Å²) >= 11 is 0. The van der Waals surface area contributed by atoms with E-state index < -0.39 is 27.0 Å².